The SMILES string of the molecule is CCOC(=O)[C@H](C)c1ccc(OC[C@H](O)CNC(C)(C)Cc2ccc3ccccc3c2)c(C#N)c1. The molecule has 3 aromatic carbocycles. The monoisotopic (exact) mass is 474 g/mol. The van der Waals surface area contributed by atoms with Gasteiger partial charge in [-0.3, -0.25) is 4.79 Å². The number of nitrogens with zero attached hydrogens (tertiary/aromatic N) is 1. The summed E-state index contributed by atoms with van der Waals surface area (Å²) in [6.07, 6.45) is 0.0555. The minimum atomic E-state index is -0.754. The van der Waals surface area contributed by atoms with Crippen LogP contribution in [0.2, 0.25) is 0 Å². The summed E-state index contributed by atoms with van der Waals surface area (Å²) >= 11 is 0. The van der Waals surface area contributed by atoms with Crippen molar-refractivity contribution in [3.8, 4) is 11.8 Å². The summed E-state index contributed by atoms with van der Waals surface area (Å²) < 4.78 is 10.8. The Morgan fingerprint density at radius 3 is 2.57 bits per heavy atom. The topological polar surface area (TPSA) is 91.6 Å². The van der Waals surface area contributed by atoms with E-state index in [1.54, 1.807) is 32.0 Å². The maximum absolute atomic E-state index is 12.0. The number of carbonyl (C=O) groups excluding carboxylic acids is 1. The lowest BCUT2D eigenvalue weighted by Crippen LogP contribution is -2.46. The summed E-state index contributed by atoms with van der Waals surface area (Å²) in [6, 6.07) is 21.9. The number of aliphatic hydroxyl groups is 1. The van der Waals surface area contributed by atoms with E-state index in [-0.39, 0.29) is 18.1 Å². The Bertz CT molecular complexity index is 1200. The molecule has 35 heavy (non-hydrogen) atoms. The molecule has 0 radical (unpaired) electrons. The predicted octanol–water partition coefficient (Wildman–Crippen LogP) is 4.73. The third-order valence-corrected chi connectivity index (χ3v) is 5.97. The molecule has 2 N–H and O–H groups in total. The molecule has 3 rings (SSSR count). The van der Waals surface area contributed by atoms with Crippen LogP contribution in [0, 0.1) is 11.3 Å². The molecule has 0 fully saturated rings. The van der Waals surface area contributed by atoms with Crippen molar-refractivity contribution in [3.63, 3.8) is 0 Å². The molecule has 0 unspecified atom stereocenters. The molecule has 0 bridgehead atoms. The van der Waals surface area contributed by atoms with Crippen LogP contribution in [-0.2, 0) is 16.0 Å². The lowest BCUT2D eigenvalue weighted by atomic mass is 9.93. The number of carbonyl (C=O) groups is 1. The van der Waals surface area contributed by atoms with Gasteiger partial charge in [0, 0.05) is 12.1 Å². The van der Waals surface area contributed by atoms with Crippen LogP contribution >= 0.6 is 0 Å². The molecule has 0 aromatic heterocycles. The molecule has 0 saturated carbocycles. The summed E-state index contributed by atoms with van der Waals surface area (Å²) in [5.41, 5.74) is 2.00. The van der Waals surface area contributed by atoms with Crippen molar-refractivity contribution in [2.24, 2.45) is 0 Å². The van der Waals surface area contributed by atoms with Crippen LogP contribution in [0.4, 0.5) is 0 Å². The zero-order chi connectivity index (χ0) is 25.4. The second kappa shape index (κ2) is 11.8. The normalized spacial score (nSPS) is 13.1. The molecule has 6 heteroatoms. The highest BCUT2D eigenvalue weighted by atomic mass is 16.5. The van der Waals surface area contributed by atoms with Gasteiger partial charge >= 0.3 is 5.97 Å². The lowest BCUT2D eigenvalue weighted by Gasteiger charge is -2.28. The number of nitriles is 1. The first-order valence-electron chi connectivity index (χ1n) is 12.0. The Morgan fingerprint density at radius 2 is 1.86 bits per heavy atom. The Morgan fingerprint density at radius 1 is 1.11 bits per heavy atom. The van der Waals surface area contributed by atoms with Gasteiger partial charge in [-0.05, 0) is 68.1 Å². The Labute approximate surface area is 207 Å². The first kappa shape index (κ1) is 26.2. The molecule has 2 atom stereocenters. The van der Waals surface area contributed by atoms with Crippen LogP contribution in [0.15, 0.2) is 60.7 Å². The molecule has 0 aliphatic carbocycles. The number of rotatable bonds is 11. The van der Waals surface area contributed by atoms with Gasteiger partial charge in [-0.25, -0.2) is 0 Å². The molecule has 0 heterocycles. The molecule has 0 amide bonds. The molecule has 0 saturated heterocycles. The zero-order valence-corrected chi connectivity index (χ0v) is 20.9. The average Bonchev–Trinajstić information content (AvgIpc) is 2.85. The second-order valence-corrected chi connectivity index (χ2v) is 9.43. The first-order chi connectivity index (χ1) is 16.7. The minimum Gasteiger partial charge on any atom is -0.489 e. The summed E-state index contributed by atoms with van der Waals surface area (Å²) in [5.74, 6) is -0.435. The van der Waals surface area contributed by atoms with Crippen molar-refractivity contribution >= 4 is 16.7 Å². The minimum absolute atomic E-state index is 0.0422. The quantitative estimate of drug-likeness (QED) is 0.391. The maximum Gasteiger partial charge on any atom is 0.313 e. The summed E-state index contributed by atoms with van der Waals surface area (Å²) in [5, 5.41) is 25.9. The Kier molecular flexibility index (Phi) is 8.86. The van der Waals surface area contributed by atoms with Crippen molar-refractivity contribution < 1.29 is 19.4 Å². The van der Waals surface area contributed by atoms with Crippen LogP contribution in [-0.4, -0.2) is 42.5 Å². The van der Waals surface area contributed by atoms with E-state index in [1.165, 1.54) is 16.3 Å². The van der Waals surface area contributed by atoms with E-state index in [9.17, 15) is 15.2 Å². The number of aliphatic hydroxyl groups excluding tert-OH is 1. The zero-order valence-electron chi connectivity index (χ0n) is 20.9. The molecule has 0 aliphatic rings. The third-order valence-electron chi connectivity index (χ3n) is 5.97. The molecule has 0 spiro atoms. The van der Waals surface area contributed by atoms with E-state index in [1.807, 2.05) is 12.1 Å². The highest BCUT2D eigenvalue weighted by Crippen LogP contribution is 2.25. The van der Waals surface area contributed by atoms with Crippen LogP contribution in [0.25, 0.3) is 10.8 Å². The van der Waals surface area contributed by atoms with Gasteiger partial charge in [0.2, 0.25) is 0 Å². The van der Waals surface area contributed by atoms with E-state index in [4.69, 9.17) is 9.47 Å². The smallest absolute Gasteiger partial charge is 0.313 e. The Hall–Kier alpha value is -3.40. The largest absolute Gasteiger partial charge is 0.489 e. The van der Waals surface area contributed by atoms with Crippen LogP contribution < -0.4 is 10.1 Å². The molecule has 0 aliphatic heterocycles. The fourth-order valence-corrected chi connectivity index (χ4v) is 3.99. The third kappa shape index (κ3) is 7.29. The molecule has 184 valence electrons. The van der Waals surface area contributed by atoms with Gasteiger partial charge in [0.05, 0.1) is 18.1 Å². The second-order valence-electron chi connectivity index (χ2n) is 9.43. The number of fused-ring (bicyclic) bond motifs is 1. The van der Waals surface area contributed by atoms with Crippen LogP contribution in [0.3, 0.4) is 0 Å². The van der Waals surface area contributed by atoms with Gasteiger partial charge in [-0.15, -0.1) is 0 Å². The van der Waals surface area contributed by atoms with Gasteiger partial charge in [0.25, 0.3) is 0 Å². The fourth-order valence-electron chi connectivity index (χ4n) is 3.99. The van der Waals surface area contributed by atoms with Gasteiger partial charge in [0.15, 0.2) is 0 Å². The average molecular weight is 475 g/mol. The summed E-state index contributed by atoms with van der Waals surface area (Å²) in [6.45, 7) is 8.40. The Balaban J connectivity index is 1.54. The summed E-state index contributed by atoms with van der Waals surface area (Å²) in [7, 11) is 0. The molecular weight excluding hydrogens is 440 g/mol. The van der Waals surface area contributed by atoms with E-state index < -0.39 is 12.0 Å². The van der Waals surface area contributed by atoms with Gasteiger partial charge in [-0.2, -0.15) is 5.26 Å². The van der Waals surface area contributed by atoms with Gasteiger partial charge in [0.1, 0.15) is 24.5 Å². The van der Waals surface area contributed by atoms with Crippen LogP contribution in [0.5, 0.6) is 5.75 Å². The standard InChI is InChI=1S/C29H34N2O4/c1-5-34-28(33)20(2)23-12-13-27(25(15-23)17-30)35-19-26(32)18-31-29(3,4)16-21-10-11-22-8-6-7-9-24(22)14-21/h6-15,20,26,31-32H,5,16,18-19H2,1-4H3/t20-,26-/m1/s1. The van der Waals surface area contributed by atoms with E-state index in [2.05, 4.69) is 55.6 Å². The van der Waals surface area contributed by atoms with E-state index >= 15 is 0 Å². The van der Waals surface area contributed by atoms with E-state index in [0.717, 1.165) is 6.42 Å². The van der Waals surface area contributed by atoms with Crippen molar-refractivity contribution in [3.05, 3.63) is 77.4 Å². The van der Waals surface area contributed by atoms with Crippen molar-refractivity contribution in [1.82, 2.24) is 5.32 Å². The summed E-state index contributed by atoms with van der Waals surface area (Å²) in [4.78, 5) is 12.0. The van der Waals surface area contributed by atoms with E-state index in [0.29, 0.717) is 30.0 Å². The fraction of sp³-hybridized carbons (Fsp3) is 0.379. The highest BCUT2D eigenvalue weighted by Gasteiger charge is 2.21. The van der Waals surface area contributed by atoms with Gasteiger partial charge < -0.3 is 19.9 Å². The van der Waals surface area contributed by atoms with Crippen molar-refractivity contribution in [2.75, 3.05) is 19.8 Å². The predicted molar refractivity (Wildman–Crippen MR) is 137 cm³/mol. The van der Waals surface area contributed by atoms with Crippen molar-refractivity contribution in [1.29, 1.82) is 5.26 Å². The number of hydrogen-bond acceptors (Lipinski definition) is 6. The van der Waals surface area contributed by atoms with Crippen LogP contribution in [0.1, 0.15) is 50.3 Å². The molecular formula is C29H34N2O4. The number of ether oxygens (including phenoxy) is 2. The highest BCUT2D eigenvalue weighted by molar-refractivity contribution is 5.83. The molecule has 3 aromatic rings. The first-order valence-corrected chi connectivity index (χ1v) is 12.0. The van der Waals surface area contributed by atoms with Gasteiger partial charge in [-0.1, -0.05) is 48.5 Å². The lowest BCUT2D eigenvalue weighted by molar-refractivity contribution is -0.144. The number of β-amino-alcohol motifs (C(OH)–C–C–N with tert-alkyl or cyclic N) is 1. The van der Waals surface area contributed by atoms with Crippen molar-refractivity contribution in [2.45, 2.75) is 51.7 Å². The number of nitrogens with one attached hydrogen (secondary N) is 1. The number of esters is 1. The number of hydrogen-bond donors (Lipinski definition) is 2. The maximum atomic E-state index is 12.0. The molecule has 6 nitrogen and oxygen atoms in total. The number of benzene rings is 3.